The Kier molecular flexibility index (Phi) is 12.5. The number of rotatable bonds is 12. The molecule has 0 saturated heterocycles. The normalized spacial score (nSPS) is 11.2. The van der Waals surface area contributed by atoms with Gasteiger partial charge in [-0.2, -0.15) is 0 Å². The molecule has 3 aromatic heterocycles. The fourth-order valence-corrected chi connectivity index (χ4v) is 10.7. The monoisotopic (exact) mass is 1030 g/mol. The Balaban J connectivity index is 1.04. The van der Waals surface area contributed by atoms with Gasteiger partial charge >= 0.3 is 11.9 Å². The van der Waals surface area contributed by atoms with Gasteiger partial charge in [0.15, 0.2) is 28.8 Å². The highest BCUT2D eigenvalue weighted by atomic mass is 16.5. The molecule has 0 radical (unpaired) electrons. The summed E-state index contributed by atoms with van der Waals surface area (Å²) in [6.07, 6.45) is 0. The van der Waals surface area contributed by atoms with Crippen LogP contribution in [0.5, 0.6) is 0 Å². The molecule has 0 fully saturated rings. The molecule has 10 aromatic carbocycles. The SMILES string of the molecule is [C-]#[N+]c1ccccc1-c1cccc(-n2c3ccccc3c3cc(C(=O)OCc4ccccc4)ccc32)c1-c1nc(-c2ccccc2)nc(-c2c([N+]#[C-])cccc2-n2c3ccccc3c3cc(C(=O)OCc4ccccc4)ccc32)n1. The quantitative estimate of drug-likeness (QED) is 0.0885. The van der Waals surface area contributed by atoms with E-state index in [9.17, 15) is 9.59 Å². The van der Waals surface area contributed by atoms with Crippen LogP contribution in [-0.2, 0) is 22.7 Å². The largest absolute Gasteiger partial charge is 0.457 e. The van der Waals surface area contributed by atoms with E-state index in [0.29, 0.717) is 67.5 Å². The lowest BCUT2D eigenvalue weighted by Crippen LogP contribution is -2.07. The highest BCUT2D eigenvalue weighted by Gasteiger charge is 2.27. The molecule has 0 amide bonds. The van der Waals surface area contributed by atoms with Gasteiger partial charge in [0.1, 0.15) is 13.2 Å². The number of esters is 2. The minimum atomic E-state index is -0.446. The van der Waals surface area contributed by atoms with E-state index >= 15 is 0 Å². The van der Waals surface area contributed by atoms with Crippen molar-refractivity contribution in [3.63, 3.8) is 0 Å². The van der Waals surface area contributed by atoms with Gasteiger partial charge in [-0.15, -0.1) is 0 Å². The Morgan fingerprint density at radius 1 is 0.388 bits per heavy atom. The number of carbonyl (C=O) groups is 2. The van der Waals surface area contributed by atoms with Crippen molar-refractivity contribution in [2.75, 3.05) is 0 Å². The lowest BCUT2D eigenvalue weighted by atomic mass is 9.95. The zero-order valence-electron chi connectivity index (χ0n) is 42.7. The molecule has 13 rings (SSSR count). The van der Waals surface area contributed by atoms with E-state index in [2.05, 4.69) is 18.8 Å². The predicted octanol–water partition coefficient (Wildman–Crippen LogP) is 16.5. The van der Waals surface area contributed by atoms with E-state index < -0.39 is 11.9 Å². The number of aromatic nitrogens is 5. The van der Waals surface area contributed by atoms with Crippen LogP contribution in [0.1, 0.15) is 31.8 Å². The second kappa shape index (κ2) is 20.7. The summed E-state index contributed by atoms with van der Waals surface area (Å²) < 4.78 is 15.9. The van der Waals surface area contributed by atoms with Crippen LogP contribution in [-0.4, -0.2) is 36.0 Å². The number of hydrogen-bond acceptors (Lipinski definition) is 7. The molecule has 378 valence electrons. The minimum Gasteiger partial charge on any atom is -0.457 e. The van der Waals surface area contributed by atoms with Crippen molar-refractivity contribution in [3.05, 3.63) is 282 Å². The summed E-state index contributed by atoms with van der Waals surface area (Å²) in [6, 6.07) is 75.0. The molecular formula is C69H43N7O4. The van der Waals surface area contributed by atoms with Gasteiger partial charge in [0.2, 0.25) is 0 Å². The summed E-state index contributed by atoms with van der Waals surface area (Å²) in [5.41, 5.74) is 11.1. The molecule has 0 aliphatic heterocycles. The van der Waals surface area contributed by atoms with Crippen LogP contribution in [0.3, 0.4) is 0 Å². The second-order valence-corrected chi connectivity index (χ2v) is 19.1. The summed E-state index contributed by atoms with van der Waals surface area (Å²) in [4.78, 5) is 51.6. The highest BCUT2D eigenvalue weighted by molar-refractivity contribution is 6.13. The molecule has 0 N–H and O–H groups in total. The lowest BCUT2D eigenvalue weighted by molar-refractivity contribution is 0.0464. The van der Waals surface area contributed by atoms with Crippen molar-refractivity contribution in [2.24, 2.45) is 0 Å². The summed E-state index contributed by atoms with van der Waals surface area (Å²) in [7, 11) is 0. The van der Waals surface area contributed by atoms with Crippen LogP contribution in [0.15, 0.2) is 237 Å². The van der Waals surface area contributed by atoms with Crippen LogP contribution in [0.25, 0.3) is 110 Å². The maximum Gasteiger partial charge on any atom is 0.338 e. The summed E-state index contributed by atoms with van der Waals surface area (Å²) in [5.74, 6) is -0.00286. The molecule has 0 aliphatic carbocycles. The van der Waals surface area contributed by atoms with E-state index in [1.165, 1.54) is 0 Å². The van der Waals surface area contributed by atoms with Gasteiger partial charge in [-0.05, 0) is 82.9 Å². The van der Waals surface area contributed by atoms with Gasteiger partial charge < -0.3 is 18.6 Å². The number of ether oxygens (including phenoxy) is 2. The number of fused-ring (bicyclic) bond motifs is 6. The maximum absolute atomic E-state index is 13.7. The van der Waals surface area contributed by atoms with Gasteiger partial charge in [-0.1, -0.05) is 176 Å². The maximum atomic E-state index is 13.7. The lowest BCUT2D eigenvalue weighted by Gasteiger charge is -2.20. The van der Waals surface area contributed by atoms with Crippen molar-refractivity contribution >= 4 is 66.9 Å². The van der Waals surface area contributed by atoms with Crippen molar-refractivity contribution in [1.82, 2.24) is 24.1 Å². The van der Waals surface area contributed by atoms with E-state index in [0.717, 1.165) is 54.7 Å². The average Bonchev–Trinajstić information content (AvgIpc) is 4.14. The molecule has 3 heterocycles. The predicted molar refractivity (Wildman–Crippen MR) is 314 cm³/mol. The molecule has 0 unspecified atom stereocenters. The first-order chi connectivity index (χ1) is 39.4. The van der Waals surface area contributed by atoms with Crippen LogP contribution in [0.2, 0.25) is 0 Å². The van der Waals surface area contributed by atoms with E-state index in [1.54, 1.807) is 24.3 Å². The van der Waals surface area contributed by atoms with Crippen LogP contribution < -0.4 is 0 Å². The van der Waals surface area contributed by atoms with E-state index in [4.69, 9.17) is 37.6 Å². The van der Waals surface area contributed by atoms with Crippen LogP contribution >= 0.6 is 0 Å². The summed E-state index contributed by atoms with van der Waals surface area (Å²) in [5, 5.41) is 3.43. The standard InChI is InChI=1S/C69H43N7O4/c1-70-55-30-15-12-26-49(55)52-29-18-34-61(75-57-32-16-13-27-50(57)53-40-47(36-38-59(53)75)68(77)79-42-44-20-6-3-7-21-44)63(52)66-72-65(46-24-10-5-11-25-46)73-67(74-66)64-56(71-2)31-19-35-62(64)76-58-33-17-14-28-51(58)54-41-48(37-39-60(54)76)69(78)80-43-45-22-8-4-9-23-45/h3-41H,42-43H2. The van der Waals surface area contributed by atoms with Gasteiger partial charge in [0.25, 0.3) is 0 Å². The van der Waals surface area contributed by atoms with Crippen molar-refractivity contribution in [2.45, 2.75) is 13.2 Å². The molecule has 13 aromatic rings. The second-order valence-electron chi connectivity index (χ2n) is 19.1. The third kappa shape index (κ3) is 8.73. The number of hydrogen-bond donors (Lipinski definition) is 0. The molecule has 0 saturated carbocycles. The van der Waals surface area contributed by atoms with Crippen molar-refractivity contribution < 1.29 is 19.1 Å². The van der Waals surface area contributed by atoms with Gasteiger partial charge in [0.05, 0.1) is 52.0 Å². The van der Waals surface area contributed by atoms with Crippen LogP contribution in [0, 0.1) is 13.1 Å². The van der Waals surface area contributed by atoms with Gasteiger partial charge in [-0.3, -0.25) is 0 Å². The number of para-hydroxylation sites is 3. The first-order valence-electron chi connectivity index (χ1n) is 25.9. The Labute approximate surface area is 459 Å². The number of benzene rings is 10. The van der Waals surface area contributed by atoms with Crippen molar-refractivity contribution in [3.8, 4) is 56.7 Å². The van der Waals surface area contributed by atoms with Gasteiger partial charge in [0, 0.05) is 43.9 Å². The Morgan fingerprint density at radius 3 is 1.38 bits per heavy atom. The van der Waals surface area contributed by atoms with E-state index in [1.807, 2.05) is 212 Å². The zero-order chi connectivity index (χ0) is 54.1. The first kappa shape index (κ1) is 48.4. The first-order valence-corrected chi connectivity index (χ1v) is 25.9. The average molecular weight is 1030 g/mol. The molecule has 0 spiro atoms. The molecular weight excluding hydrogens is 991 g/mol. The Hall–Kier alpha value is -11.3. The molecule has 11 heteroatoms. The smallest absolute Gasteiger partial charge is 0.338 e. The molecule has 0 bridgehead atoms. The van der Waals surface area contributed by atoms with Crippen LogP contribution in [0.4, 0.5) is 11.4 Å². The number of carbonyl (C=O) groups excluding carboxylic acids is 2. The molecule has 0 atom stereocenters. The topological polar surface area (TPSA) is 110 Å². The Morgan fingerprint density at radius 2 is 0.812 bits per heavy atom. The zero-order valence-corrected chi connectivity index (χ0v) is 42.7. The third-order valence-corrected chi connectivity index (χ3v) is 14.3. The van der Waals surface area contributed by atoms with Crippen molar-refractivity contribution in [1.29, 1.82) is 0 Å². The Bertz CT molecular complexity index is 4670. The molecule has 80 heavy (non-hydrogen) atoms. The highest BCUT2D eigenvalue weighted by Crippen LogP contribution is 2.45. The van der Waals surface area contributed by atoms with E-state index in [-0.39, 0.29) is 24.9 Å². The molecule has 11 nitrogen and oxygen atoms in total. The number of nitrogens with zero attached hydrogens (tertiary/aromatic N) is 7. The summed E-state index contributed by atoms with van der Waals surface area (Å²) in [6.45, 7) is 17.3. The fraction of sp³-hybridized carbons (Fsp3) is 0.0290. The summed E-state index contributed by atoms with van der Waals surface area (Å²) >= 11 is 0. The molecule has 0 aliphatic rings. The fourth-order valence-electron chi connectivity index (χ4n) is 10.7. The van der Waals surface area contributed by atoms with Gasteiger partial charge in [-0.25, -0.2) is 34.2 Å². The third-order valence-electron chi connectivity index (χ3n) is 14.3. The minimum absolute atomic E-state index is 0.135.